The van der Waals surface area contributed by atoms with Crippen molar-refractivity contribution in [3.8, 4) is 5.75 Å². The van der Waals surface area contributed by atoms with Crippen LogP contribution < -0.4 is 15.4 Å². The molecule has 7 nitrogen and oxygen atoms in total. The maximum Gasteiger partial charge on any atom is 0.255 e. The first-order valence-corrected chi connectivity index (χ1v) is 10.3. The molecule has 0 bridgehead atoms. The molecule has 1 saturated heterocycles. The largest absolute Gasteiger partial charge is 0.495 e. The van der Waals surface area contributed by atoms with Gasteiger partial charge in [0.1, 0.15) is 5.75 Å². The van der Waals surface area contributed by atoms with E-state index in [1.54, 1.807) is 36.4 Å². The molecule has 0 saturated carbocycles. The maximum absolute atomic E-state index is 12.4. The van der Waals surface area contributed by atoms with Gasteiger partial charge in [-0.3, -0.25) is 9.59 Å². The summed E-state index contributed by atoms with van der Waals surface area (Å²) in [5.41, 5.74) is 1.31. The van der Waals surface area contributed by atoms with E-state index in [9.17, 15) is 18.0 Å². The van der Waals surface area contributed by atoms with Gasteiger partial charge in [-0.05, 0) is 42.8 Å². The fourth-order valence-corrected chi connectivity index (χ4v) is 4.57. The van der Waals surface area contributed by atoms with Crippen LogP contribution in [0.2, 0.25) is 0 Å². The molecule has 8 heteroatoms. The normalized spacial score (nSPS) is 17.9. The van der Waals surface area contributed by atoms with Gasteiger partial charge in [0, 0.05) is 17.2 Å². The van der Waals surface area contributed by atoms with Crippen LogP contribution in [0, 0.1) is 0 Å². The number of hydrogen-bond acceptors (Lipinski definition) is 5. The standard InChI is InChI=1S/C19H20N2O5S/c1-26-17-5-3-2-4-16(17)21-19(23)14-8-6-13(7-9-14)18(22)20-15-10-11-27(24,25)12-15/h2-9,15H,10-12H2,1H3,(H,20,22)(H,21,23). The molecule has 1 atom stereocenters. The topological polar surface area (TPSA) is 102 Å². The molecule has 1 fully saturated rings. The molecule has 1 aliphatic heterocycles. The molecule has 2 aromatic carbocycles. The predicted molar refractivity (Wildman–Crippen MR) is 102 cm³/mol. The van der Waals surface area contributed by atoms with E-state index in [4.69, 9.17) is 4.74 Å². The number of amides is 2. The van der Waals surface area contributed by atoms with Crippen LogP contribution in [0.4, 0.5) is 5.69 Å². The average molecular weight is 388 g/mol. The van der Waals surface area contributed by atoms with Crippen molar-refractivity contribution in [3.63, 3.8) is 0 Å². The Morgan fingerprint density at radius 3 is 2.22 bits per heavy atom. The number of hydrogen-bond donors (Lipinski definition) is 2. The molecule has 1 heterocycles. The fourth-order valence-electron chi connectivity index (χ4n) is 2.89. The first-order chi connectivity index (χ1) is 12.9. The Kier molecular flexibility index (Phi) is 5.46. The Bertz CT molecular complexity index is 954. The number of anilines is 1. The second-order valence-electron chi connectivity index (χ2n) is 6.31. The number of benzene rings is 2. The van der Waals surface area contributed by atoms with Crippen LogP contribution in [0.5, 0.6) is 5.75 Å². The molecule has 1 aliphatic rings. The molecule has 0 aliphatic carbocycles. The maximum atomic E-state index is 12.4. The van der Waals surface area contributed by atoms with E-state index in [2.05, 4.69) is 10.6 Å². The van der Waals surface area contributed by atoms with Crippen molar-refractivity contribution in [3.05, 3.63) is 59.7 Å². The van der Waals surface area contributed by atoms with E-state index in [1.807, 2.05) is 0 Å². The van der Waals surface area contributed by atoms with Crippen molar-refractivity contribution >= 4 is 27.3 Å². The number of para-hydroxylation sites is 2. The minimum absolute atomic E-state index is 0.0296. The molecule has 0 radical (unpaired) electrons. The lowest BCUT2D eigenvalue weighted by atomic mass is 10.1. The van der Waals surface area contributed by atoms with Gasteiger partial charge in [-0.15, -0.1) is 0 Å². The summed E-state index contributed by atoms with van der Waals surface area (Å²) < 4.78 is 28.1. The lowest BCUT2D eigenvalue weighted by molar-refractivity contribution is 0.0939. The smallest absolute Gasteiger partial charge is 0.255 e. The highest BCUT2D eigenvalue weighted by Crippen LogP contribution is 2.23. The van der Waals surface area contributed by atoms with Crippen molar-refractivity contribution in [2.75, 3.05) is 23.9 Å². The average Bonchev–Trinajstić information content (AvgIpc) is 3.00. The summed E-state index contributed by atoms with van der Waals surface area (Å²) in [5.74, 6) is -0.0616. The first kappa shape index (κ1) is 18.9. The predicted octanol–water partition coefficient (Wildman–Crippen LogP) is 1.86. The number of carbonyl (C=O) groups excluding carboxylic acids is 2. The molecule has 1 unspecified atom stereocenters. The highest BCUT2D eigenvalue weighted by atomic mass is 32.2. The molecule has 2 aromatic rings. The zero-order chi connectivity index (χ0) is 19.4. The van der Waals surface area contributed by atoms with Gasteiger partial charge >= 0.3 is 0 Å². The van der Waals surface area contributed by atoms with Gasteiger partial charge < -0.3 is 15.4 Å². The van der Waals surface area contributed by atoms with E-state index in [-0.39, 0.29) is 29.4 Å². The molecule has 3 rings (SSSR count). The van der Waals surface area contributed by atoms with E-state index >= 15 is 0 Å². The second kappa shape index (κ2) is 7.79. The quantitative estimate of drug-likeness (QED) is 0.814. The fraction of sp³-hybridized carbons (Fsp3) is 0.263. The summed E-state index contributed by atoms with van der Waals surface area (Å²) in [5, 5.41) is 5.48. The van der Waals surface area contributed by atoms with E-state index in [1.165, 1.54) is 19.2 Å². The molecule has 0 aromatic heterocycles. The van der Waals surface area contributed by atoms with Crippen molar-refractivity contribution in [1.29, 1.82) is 0 Å². The molecule has 27 heavy (non-hydrogen) atoms. The lowest BCUT2D eigenvalue weighted by Gasteiger charge is -2.12. The molecule has 142 valence electrons. The minimum atomic E-state index is -3.05. The summed E-state index contributed by atoms with van der Waals surface area (Å²) in [6.45, 7) is 0. The van der Waals surface area contributed by atoms with Gasteiger partial charge in [0.05, 0.1) is 24.3 Å². The van der Waals surface area contributed by atoms with Crippen molar-refractivity contribution in [2.45, 2.75) is 12.5 Å². The summed E-state index contributed by atoms with van der Waals surface area (Å²) in [6, 6.07) is 12.9. The molecule has 0 spiro atoms. The third kappa shape index (κ3) is 4.65. The Hall–Kier alpha value is -2.87. The molecular formula is C19H20N2O5S. The van der Waals surface area contributed by atoms with Gasteiger partial charge in [0.25, 0.3) is 11.8 Å². The highest BCUT2D eigenvalue weighted by Gasteiger charge is 2.29. The number of methoxy groups -OCH3 is 1. The summed E-state index contributed by atoms with van der Waals surface area (Å²) >= 11 is 0. The van der Waals surface area contributed by atoms with Gasteiger partial charge in [0.2, 0.25) is 0 Å². The zero-order valence-electron chi connectivity index (χ0n) is 14.8. The van der Waals surface area contributed by atoms with Crippen LogP contribution in [-0.4, -0.2) is 44.9 Å². The Morgan fingerprint density at radius 1 is 1.00 bits per heavy atom. The van der Waals surface area contributed by atoms with E-state index < -0.39 is 9.84 Å². The summed E-state index contributed by atoms with van der Waals surface area (Å²) in [4.78, 5) is 24.6. The van der Waals surface area contributed by atoms with Crippen molar-refractivity contribution in [1.82, 2.24) is 5.32 Å². The van der Waals surface area contributed by atoms with E-state index in [0.29, 0.717) is 29.0 Å². The second-order valence-corrected chi connectivity index (χ2v) is 8.53. The van der Waals surface area contributed by atoms with Crippen LogP contribution >= 0.6 is 0 Å². The van der Waals surface area contributed by atoms with Crippen LogP contribution in [0.1, 0.15) is 27.1 Å². The summed E-state index contributed by atoms with van der Waals surface area (Å²) in [6.07, 6.45) is 0.424. The zero-order valence-corrected chi connectivity index (χ0v) is 15.6. The lowest BCUT2D eigenvalue weighted by Crippen LogP contribution is -2.35. The van der Waals surface area contributed by atoms with Crippen LogP contribution in [0.25, 0.3) is 0 Å². The Morgan fingerprint density at radius 2 is 1.63 bits per heavy atom. The SMILES string of the molecule is COc1ccccc1NC(=O)c1ccc(C(=O)NC2CCS(=O)(=O)C2)cc1. The number of ether oxygens (including phenoxy) is 1. The molecular weight excluding hydrogens is 368 g/mol. The van der Waals surface area contributed by atoms with Crippen molar-refractivity contribution < 1.29 is 22.7 Å². The van der Waals surface area contributed by atoms with Crippen molar-refractivity contribution in [2.24, 2.45) is 0 Å². The van der Waals surface area contributed by atoms with Gasteiger partial charge in [-0.1, -0.05) is 12.1 Å². The number of nitrogens with one attached hydrogen (secondary N) is 2. The summed E-state index contributed by atoms with van der Waals surface area (Å²) in [7, 11) is -1.53. The van der Waals surface area contributed by atoms with Crippen LogP contribution in [-0.2, 0) is 9.84 Å². The van der Waals surface area contributed by atoms with Gasteiger partial charge in [-0.25, -0.2) is 8.42 Å². The van der Waals surface area contributed by atoms with Gasteiger partial charge in [0.15, 0.2) is 9.84 Å². The Labute approximate surface area is 157 Å². The highest BCUT2D eigenvalue weighted by molar-refractivity contribution is 7.91. The number of sulfone groups is 1. The molecule has 2 N–H and O–H groups in total. The number of carbonyl (C=O) groups is 2. The monoisotopic (exact) mass is 388 g/mol. The first-order valence-electron chi connectivity index (χ1n) is 8.44. The van der Waals surface area contributed by atoms with E-state index in [0.717, 1.165) is 0 Å². The third-order valence-corrected chi connectivity index (χ3v) is 6.10. The minimum Gasteiger partial charge on any atom is -0.495 e. The van der Waals surface area contributed by atoms with Crippen LogP contribution in [0.3, 0.4) is 0 Å². The Balaban J connectivity index is 1.64. The number of rotatable bonds is 5. The third-order valence-electron chi connectivity index (χ3n) is 4.33. The molecule has 2 amide bonds. The van der Waals surface area contributed by atoms with Crippen LogP contribution in [0.15, 0.2) is 48.5 Å². The van der Waals surface area contributed by atoms with Gasteiger partial charge in [-0.2, -0.15) is 0 Å².